The van der Waals surface area contributed by atoms with Crippen LogP contribution in [0.15, 0.2) is 60.2 Å². The molecule has 2 heterocycles. The Labute approximate surface area is 122 Å². The van der Waals surface area contributed by atoms with E-state index in [0.29, 0.717) is 6.54 Å². The fourth-order valence-corrected chi connectivity index (χ4v) is 3.02. The van der Waals surface area contributed by atoms with Gasteiger partial charge in [-0.05, 0) is 23.9 Å². The van der Waals surface area contributed by atoms with Crippen LogP contribution >= 0.6 is 11.3 Å². The highest BCUT2D eigenvalue weighted by Crippen LogP contribution is 2.27. The molecule has 0 amide bonds. The topological polar surface area (TPSA) is 38.0 Å². The molecule has 0 saturated carbocycles. The van der Waals surface area contributed by atoms with Crippen molar-refractivity contribution in [3.63, 3.8) is 0 Å². The molecular formula is C16H16N2OS. The normalized spacial score (nSPS) is 14.1. The van der Waals surface area contributed by atoms with Gasteiger partial charge in [-0.25, -0.2) is 4.98 Å². The lowest BCUT2D eigenvalue weighted by Gasteiger charge is -2.25. The zero-order valence-corrected chi connectivity index (χ0v) is 12.0. The number of hydrogen-bond acceptors (Lipinski definition) is 3. The van der Waals surface area contributed by atoms with Crippen LogP contribution in [0.25, 0.3) is 10.7 Å². The number of hydrogen-bond donors (Lipinski definition) is 1. The molecule has 0 aliphatic heterocycles. The van der Waals surface area contributed by atoms with Gasteiger partial charge in [-0.3, -0.25) is 0 Å². The van der Waals surface area contributed by atoms with Crippen molar-refractivity contribution in [2.75, 3.05) is 0 Å². The van der Waals surface area contributed by atoms with Crippen LogP contribution in [0.4, 0.5) is 0 Å². The standard InChI is InChI=1S/C16H16N2OS/c1-16(19,13-6-3-2-4-7-13)12-18-10-9-17-15(18)14-8-5-11-20-14/h2-11,19H,12H2,1H3. The van der Waals surface area contributed by atoms with Crippen LogP contribution in [0.1, 0.15) is 12.5 Å². The van der Waals surface area contributed by atoms with Gasteiger partial charge in [0.05, 0.1) is 11.4 Å². The molecule has 1 aromatic carbocycles. The van der Waals surface area contributed by atoms with Gasteiger partial charge in [0.25, 0.3) is 0 Å². The van der Waals surface area contributed by atoms with Crippen LogP contribution in [0.2, 0.25) is 0 Å². The molecule has 0 bridgehead atoms. The van der Waals surface area contributed by atoms with Crippen LogP contribution in [-0.4, -0.2) is 14.7 Å². The maximum absolute atomic E-state index is 10.7. The van der Waals surface area contributed by atoms with Crippen molar-refractivity contribution >= 4 is 11.3 Å². The van der Waals surface area contributed by atoms with Gasteiger partial charge in [0.1, 0.15) is 11.4 Å². The largest absolute Gasteiger partial charge is 0.384 e. The highest BCUT2D eigenvalue weighted by atomic mass is 32.1. The van der Waals surface area contributed by atoms with Gasteiger partial charge in [0.15, 0.2) is 0 Å². The summed E-state index contributed by atoms with van der Waals surface area (Å²) in [6, 6.07) is 13.8. The van der Waals surface area contributed by atoms with Crippen molar-refractivity contribution in [2.45, 2.75) is 19.1 Å². The SMILES string of the molecule is CC(O)(Cn1ccnc1-c1cccs1)c1ccccc1. The molecule has 2 aromatic heterocycles. The fraction of sp³-hybridized carbons (Fsp3) is 0.188. The molecule has 1 unspecified atom stereocenters. The molecule has 1 atom stereocenters. The molecule has 20 heavy (non-hydrogen) atoms. The van der Waals surface area contributed by atoms with Gasteiger partial charge >= 0.3 is 0 Å². The quantitative estimate of drug-likeness (QED) is 0.796. The second kappa shape index (κ2) is 5.23. The van der Waals surface area contributed by atoms with Gasteiger partial charge in [0.2, 0.25) is 0 Å². The Morgan fingerprint density at radius 1 is 1.20 bits per heavy atom. The van der Waals surface area contributed by atoms with Crippen molar-refractivity contribution in [3.05, 3.63) is 65.8 Å². The first kappa shape index (κ1) is 13.1. The lowest BCUT2D eigenvalue weighted by Crippen LogP contribution is -2.27. The first-order valence-corrected chi connectivity index (χ1v) is 7.38. The molecule has 3 aromatic rings. The van der Waals surface area contributed by atoms with Crippen LogP contribution in [0.5, 0.6) is 0 Å². The fourth-order valence-electron chi connectivity index (χ4n) is 2.29. The summed E-state index contributed by atoms with van der Waals surface area (Å²) in [6.45, 7) is 2.31. The van der Waals surface area contributed by atoms with E-state index < -0.39 is 5.60 Å². The van der Waals surface area contributed by atoms with Crippen LogP contribution < -0.4 is 0 Å². The first-order valence-electron chi connectivity index (χ1n) is 6.50. The number of benzene rings is 1. The maximum Gasteiger partial charge on any atom is 0.150 e. The van der Waals surface area contributed by atoms with Gasteiger partial charge in [-0.2, -0.15) is 0 Å². The van der Waals surface area contributed by atoms with E-state index >= 15 is 0 Å². The number of rotatable bonds is 4. The van der Waals surface area contributed by atoms with Crippen molar-refractivity contribution in [1.29, 1.82) is 0 Å². The predicted molar refractivity (Wildman–Crippen MR) is 81.6 cm³/mol. The summed E-state index contributed by atoms with van der Waals surface area (Å²) in [4.78, 5) is 5.51. The highest BCUT2D eigenvalue weighted by molar-refractivity contribution is 7.13. The molecule has 3 nitrogen and oxygen atoms in total. The zero-order chi connectivity index (χ0) is 14.0. The molecule has 0 aliphatic carbocycles. The van der Waals surface area contributed by atoms with E-state index in [4.69, 9.17) is 0 Å². The first-order chi connectivity index (χ1) is 9.67. The minimum Gasteiger partial charge on any atom is -0.384 e. The van der Waals surface area contributed by atoms with Crippen molar-refractivity contribution in [3.8, 4) is 10.7 Å². The van der Waals surface area contributed by atoms with E-state index in [2.05, 4.69) is 4.98 Å². The Hall–Kier alpha value is -1.91. The van der Waals surface area contributed by atoms with Crippen LogP contribution in [0.3, 0.4) is 0 Å². The summed E-state index contributed by atoms with van der Waals surface area (Å²) in [5.74, 6) is 0.899. The molecule has 0 spiro atoms. The van der Waals surface area contributed by atoms with Crippen molar-refractivity contribution < 1.29 is 5.11 Å². The summed E-state index contributed by atoms with van der Waals surface area (Å²) in [5.41, 5.74) is -0.0145. The Balaban J connectivity index is 1.91. The Bertz CT molecular complexity index is 672. The third kappa shape index (κ3) is 2.53. The molecule has 3 rings (SSSR count). The Morgan fingerprint density at radius 2 is 2.00 bits per heavy atom. The van der Waals surface area contributed by atoms with Gasteiger partial charge in [0, 0.05) is 12.4 Å². The van der Waals surface area contributed by atoms with Crippen LogP contribution in [-0.2, 0) is 12.1 Å². The monoisotopic (exact) mass is 284 g/mol. The number of thiophene rings is 1. The van der Waals surface area contributed by atoms with Gasteiger partial charge in [-0.15, -0.1) is 11.3 Å². The van der Waals surface area contributed by atoms with Gasteiger partial charge in [-0.1, -0.05) is 36.4 Å². The van der Waals surface area contributed by atoms with E-state index in [-0.39, 0.29) is 0 Å². The number of imidazole rings is 1. The van der Waals surface area contributed by atoms with E-state index in [0.717, 1.165) is 16.3 Å². The Kier molecular flexibility index (Phi) is 3.42. The summed E-state index contributed by atoms with van der Waals surface area (Å²) in [5, 5.41) is 12.8. The van der Waals surface area contributed by atoms with E-state index in [9.17, 15) is 5.11 Å². The average molecular weight is 284 g/mol. The van der Waals surface area contributed by atoms with E-state index in [1.807, 2.05) is 65.5 Å². The summed E-state index contributed by atoms with van der Waals surface area (Å²) < 4.78 is 2.00. The van der Waals surface area contributed by atoms with Crippen molar-refractivity contribution in [1.82, 2.24) is 9.55 Å². The number of nitrogens with zero attached hydrogens (tertiary/aromatic N) is 2. The minimum atomic E-state index is -0.923. The lowest BCUT2D eigenvalue weighted by atomic mass is 9.96. The van der Waals surface area contributed by atoms with E-state index in [1.165, 1.54) is 0 Å². The minimum absolute atomic E-state index is 0.476. The molecule has 0 saturated heterocycles. The molecule has 102 valence electrons. The van der Waals surface area contributed by atoms with Crippen LogP contribution in [0, 0.1) is 0 Å². The third-order valence-electron chi connectivity index (χ3n) is 3.33. The molecule has 0 aliphatic rings. The molecule has 0 radical (unpaired) electrons. The lowest BCUT2D eigenvalue weighted by molar-refractivity contribution is 0.0387. The van der Waals surface area contributed by atoms with Gasteiger partial charge < -0.3 is 9.67 Å². The average Bonchev–Trinajstić information content (AvgIpc) is 3.10. The molecular weight excluding hydrogens is 268 g/mol. The van der Waals surface area contributed by atoms with Crippen molar-refractivity contribution in [2.24, 2.45) is 0 Å². The zero-order valence-electron chi connectivity index (χ0n) is 11.2. The molecule has 1 N–H and O–H groups in total. The molecule has 4 heteroatoms. The second-order valence-electron chi connectivity index (χ2n) is 5.00. The third-order valence-corrected chi connectivity index (χ3v) is 4.20. The maximum atomic E-state index is 10.7. The molecule has 0 fully saturated rings. The summed E-state index contributed by atoms with van der Waals surface area (Å²) in [6.07, 6.45) is 3.68. The summed E-state index contributed by atoms with van der Waals surface area (Å²) in [7, 11) is 0. The number of aliphatic hydroxyl groups is 1. The second-order valence-corrected chi connectivity index (χ2v) is 5.94. The number of aromatic nitrogens is 2. The Morgan fingerprint density at radius 3 is 2.70 bits per heavy atom. The summed E-state index contributed by atoms with van der Waals surface area (Å²) >= 11 is 1.65. The van der Waals surface area contributed by atoms with E-state index in [1.54, 1.807) is 17.5 Å². The smallest absolute Gasteiger partial charge is 0.150 e. The highest BCUT2D eigenvalue weighted by Gasteiger charge is 2.24. The predicted octanol–water partition coefficient (Wildman–Crippen LogP) is 3.52.